The van der Waals surface area contributed by atoms with Crippen LogP contribution in [-0.4, -0.2) is 46.4 Å². The number of rotatable bonds is 4. The summed E-state index contributed by atoms with van der Waals surface area (Å²) in [5, 5.41) is 8.01. The Hall–Kier alpha value is -1.48. The molecule has 5 unspecified atom stereocenters. The Morgan fingerprint density at radius 1 is 1.27 bits per heavy atom. The molecule has 8 heteroatoms. The zero-order valence-electron chi connectivity index (χ0n) is 14.5. The van der Waals surface area contributed by atoms with Crippen LogP contribution < -0.4 is 21.6 Å². The molecule has 0 spiro atoms. The first-order chi connectivity index (χ1) is 12.6. The highest BCUT2D eigenvalue weighted by Gasteiger charge is 2.51. The maximum Gasteiger partial charge on any atom is 0.242 e. The molecule has 2 heterocycles. The predicted octanol–water partition coefficient (Wildman–Crippen LogP) is 0.427. The molecule has 26 heavy (non-hydrogen) atoms. The summed E-state index contributed by atoms with van der Waals surface area (Å²) in [6.07, 6.45) is 3.22. The number of alkyl halides is 1. The third-order valence-electron chi connectivity index (χ3n) is 5.54. The molecule has 2 saturated heterocycles. The minimum Gasteiger partial charge on any atom is -0.354 e. The molecule has 0 aromatic heterocycles. The van der Waals surface area contributed by atoms with Crippen LogP contribution in [0.3, 0.4) is 0 Å². The number of benzene rings is 1. The van der Waals surface area contributed by atoms with Gasteiger partial charge in [0.25, 0.3) is 0 Å². The van der Waals surface area contributed by atoms with Crippen molar-refractivity contribution in [2.24, 2.45) is 5.92 Å². The fourth-order valence-electron chi connectivity index (χ4n) is 4.16. The van der Waals surface area contributed by atoms with Crippen LogP contribution in [-0.2, 0) is 16.0 Å². The number of carbonyl (C=O) groups excluding carboxylic acids is 2. The van der Waals surface area contributed by atoms with Crippen molar-refractivity contribution in [2.75, 3.05) is 6.54 Å². The van der Waals surface area contributed by atoms with Gasteiger partial charge in [-0.1, -0.05) is 46.3 Å². The molecular formula is C18H24BrN5O2. The van der Waals surface area contributed by atoms with E-state index >= 15 is 0 Å². The zero-order chi connectivity index (χ0) is 18.1. The van der Waals surface area contributed by atoms with E-state index in [-0.39, 0.29) is 29.9 Å². The number of halogens is 1. The number of nitrogens with zero attached hydrogens (tertiary/aromatic N) is 1. The Labute approximate surface area is 161 Å². The third kappa shape index (κ3) is 3.51. The van der Waals surface area contributed by atoms with E-state index in [2.05, 4.69) is 37.5 Å². The molecule has 3 fully saturated rings. The van der Waals surface area contributed by atoms with Gasteiger partial charge < -0.3 is 10.6 Å². The van der Waals surface area contributed by atoms with Gasteiger partial charge in [-0.25, -0.2) is 10.4 Å². The smallest absolute Gasteiger partial charge is 0.242 e. The van der Waals surface area contributed by atoms with Crippen LogP contribution in [0.1, 0.15) is 24.8 Å². The maximum atomic E-state index is 12.6. The second kappa shape index (κ2) is 7.64. The first-order valence-electron chi connectivity index (χ1n) is 9.19. The van der Waals surface area contributed by atoms with Crippen LogP contribution in [0.4, 0.5) is 0 Å². The van der Waals surface area contributed by atoms with E-state index in [1.54, 1.807) is 0 Å². The second-order valence-electron chi connectivity index (χ2n) is 7.21. The molecule has 0 bridgehead atoms. The van der Waals surface area contributed by atoms with E-state index in [1.165, 1.54) is 5.56 Å². The quantitative estimate of drug-likeness (QED) is 0.529. The second-order valence-corrected chi connectivity index (χ2v) is 8.50. The van der Waals surface area contributed by atoms with Crippen LogP contribution in [0, 0.1) is 5.92 Å². The molecular weight excluding hydrogens is 398 g/mol. The van der Waals surface area contributed by atoms with Gasteiger partial charge in [0.2, 0.25) is 11.8 Å². The van der Waals surface area contributed by atoms with Crippen molar-refractivity contribution in [1.29, 1.82) is 0 Å². The lowest BCUT2D eigenvalue weighted by molar-refractivity contribution is -0.139. The van der Waals surface area contributed by atoms with E-state index in [1.807, 2.05) is 35.3 Å². The highest BCUT2D eigenvalue weighted by molar-refractivity contribution is 9.09. The lowest BCUT2D eigenvalue weighted by Crippen LogP contribution is -2.67. The average molecular weight is 422 g/mol. The van der Waals surface area contributed by atoms with Crippen LogP contribution in [0.5, 0.6) is 0 Å². The fraction of sp³-hybridized carbons (Fsp3) is 0.556. The van der Waals surface area contributed by atoms with Crippen LogP contribution >= 0.6 is 15.9 Å². The third-order valence-corrected chi connectivity index (χ3v) is 6.37. The Kier molecular flexibility index (Phi) is 5.26. The van der Waals surface area contributed by atoms with Crippen molar-refractivity contribution in [3.8, 4) is 0 Å². The van der Waals surface area contributed by atoms with Gasteiger partial charge in [-0.2, -0.15) is 5.53 Å². The summed E-state index contributed by atoms with van der Waals surface area (Å²) >= 11 is 3.63. The first kappa shape index (κ1) is 17.9. The number of amides is 2. The van der Waals surface area contributed by atoms with Gasteiger partial charge in [-0.05, 0) is 31.2 Å². The number of hydrazine groups is 2. The van der Waals surface area contributed by atoms with Gasteiger partial charge in [0.15, 0.2) is 0 Å². The van der Waals surface area contributed by atoms with Gasteiger partial charge in [-0.15, -0.1) is 0 Å². The van der Waals surface area contributed by atoms with E-state index in [4.69, 9.17) is 0 Å². The van der Waals surface area contributed by atoms with Crippen molar-refractivity contribution in [2.45, 2.75) is 48.8 Å². The van der Waals surface area contributed by atoms with Gasteiger partial charge in [0.1, 0.15) is 12.2 Å². The van der Waals surface area contributed by atoms with Crippen molar-refractivity contribution < 1.29 is 9.59 Å². The van der Waals surface area contributed by atoms with Gasteiger partial charge in [0, 0.05) is 17.4 Å². The summed E-state index contributed by atoms with van der Waals surface area (Å²) in [5.41, 5.74) is 7.36. The number of hydrogen-bond acceptors (Lipinski definition) is 5. The van der Waals surface area contributed by atoms with Gasteiger partial charge >= 0.3 is 0 Å². The topological polar surface area (TPSA) is 85.5 Å². The van der Waals surface area contributed by atoms with Crippen molar-refractivity contribution in [3.63, 3.8) is 0 Å². The molecule has 140 valence electrons. The molecule has 0 radical (unpaired) electrons. The highest BCUT2D eigenvalue weighted by Crippen LogP contribution is 2.36. The molecule has 7 nitrogen and oxygen atoms in total. The van der Waals surface area contributed by atoms with Crippen molar-refractivity contribution in [3.05, 3.63) is 35.9 Å². The Balaban J connectivity index is 1.35. The Bertz CT molecular complexity index is 673. The maximum absolute atomic E-state index is 12.6. The summed E-state index contributed by atoms with van der Waals surface area (Å²) in [5.74, 6) is -0.0968. The fourth-order valence-corrected chi connectivity index (χ4v) is 4.83. The van der Waals surface area contributed by atoms with Gasteiger partial charge in [-0.3, -0.25) is 9.59 Å². The Morgan fingerprint density at radius 2 is 2.08 bits per heavy atom. The standard InChI is InChI=1S/C18H24BrN5O2/c19-12-6-7-14-13(10-12)17(25)21-16-15(22-23-24(14)16)18(26)20-9-8-11-4-2-1-3-5-11/h1-5,12-16,22-23H,6-10H2,(H,20,26)(H,21,25). The molecule has 5 atom stereocenters. The number of carbonyl (C=O) groups is 2. The molecule has 1 aliphatic carbocycles. The number of fused-ring (bicyclic) bond motifs is 3. The minimum atomic E-state index is -0.502. The van der Waals surface area contributed by atoms with Crippen LogP contribution in [0.25, 0.3) is 0 Å². The molecule has 4 N–H and O–H groups in total. The summed E-state index contributed by atoms with van der Waals surface area (Å²) in [6.45, 7) is 0.568. The van der Waals surface area contributed by atoms with Crippen molar-refractivity contribution >= 4 is 27.7 Å². The van der Waals surface area contributed by atoms with E-state index < -0.39 is 6.04 Å². The number of hydrogen-bond donors (Lipinski definition) is 4. The van der Waals surface area contributed by atoms with E-state index in [0.29, 0.717) is 11.4 Å². The number of nitrogens with one attached hydrogen (secondary N) is 4. The largest absolute Gasteiger partial charge is 0.354 e. The first-order valence-corrected chi connectivity index (χ1v) is 10.1. The SMILES string of the molecule is O=C1NC2C(C(=O)NCCc3ccccc3)NNN2C2CCC(Br)CC12. The van der Waals surface area contributed by atoms with Crippen molar-refractivity contribution in [1.82, 2.24) is 26.6 Å². The monoisotopic (exact) mass is 421 g/mol. The zero-order valence-corrected chi connectivity index (χ0v) is 16.0. The van der Waals surface area contributed by atoms with E-state index in [9.17, 15) is 9.59 Å². The molecule has 3 aliphatic rings. The average Bonchev–Trinajstić information content (AvgIpc) is 3.06. The van der Waals surface area contributed by atoms with Crippen LogP contribution in [0.2, 0.25) is 0 Å². The molecule has 4 rings (SSSR count). The summed E-state index contributed by atoms with van der Waals surface area (Å²) in [6, 6.07) is 9.68. The molecule has 2 amide bonds. The molecule has 1 aromatic rings. The normalized spacial score (nSPS) is 33.9. The molecule has 1 aromatic carbocycles. The minimum absolute atomic E-state index is 0.0430. The molecule has 2 aliphatic heterocycles. The summed E-state index contributed by atoms with van der Waals surface area (Å²) < 4.78 is 0. The van der Waals surface area contributed by atoms with Crippen LogP contribution in [0.15, 0.2) is 30.3 Å². The lowest BCUT2D eigenvalue weighted by atomic mass is 9.81. The Morgan fingerprint density at radius 3 is 2.88 bits per heavy atom. The predicted molar refractivity (Wildman–Crippen MR) is 101 cm³/mol. The summed E-state index contributed by atoms with van der Waals surface area (Å²) in [7, 11) is 0. The van der Waals surface area contributed by atoms with E-state index in [0.717, 1.165) is 25.7 Å². The molecule has 1 saturated carbocycles. The summed E-state index contributed by atoms with van der Waals surface area (Å²) in [4.78, 5) is 25.5. The van der Waals surface area contributed by atoms with Gasteiger partial charge in [0.05, 0.1) is 5.92 Å². The lowest BCUT2D eigenvalue weighted by Gasteiger charge is -2.45. The highest BCUT2D eigenvalue weighted by atomic mass is 79.9.